The molecule has 3 aromatic rings. The van der Waals surface area contributed by atoms with Gasteiger partial charge < -0.3 is 24.3 Å². The Kier molecular flexibility index (Phi) is 6.15. The summed E-state index contributed by atoms with van der Waals surface area (Å²) in [7, 11) is 1.63. The molecule has 1 saturated carbocycles. The van der Waals surface area contributed by atoms with Crippen molar-refractivity contribution in [2.75, 3.05) is 32.2 Å². The third kappa shape index (κ3) is 4.79. The summed E-state index contributed by atoms with van der Waals surface area (Å²) in [4.78, 5) is 21.4. The zero-order valence-corrected chi connectivity index (χ0v) is 18.6. The van der Waals surface area contributed by atoms with E-state index in [-0.39, 0.29) is 11.8 Å². The number of anilines is 1. The average molecular weight is 450 g/mol. The van der Waals surface area contributed by atoms with Crippen molar-refractivity contribution in [1.29, 1.82) is 0 Å². The van der Waals surface area contributed by atoms with Gasteiger partial charge in [0.25, 0.3) is 0 Å². The van der Waals surface area contributed by atoms with Crippen molar-refractivity contribution in [3.05, 3.63) is 42.7 Å². The summed E-state index contributed by atoms with van der Waals surface area (Å²) in [6.45, 7) is 1.64. The number of carbonyl (C=O) groups is 1. The van der Waals surface area contributed by atoms with E-state index in [0.29, 0.717) is 37.4 Å². The van der Waals surface area contributed by atoms with Crippen LogP contribution in [0.4, 0.5) is 5.69 Å². The summed E-state index contributed by atoms with van der Waals surface area (Å²) in [5.74, 6) is 3.14. The van der Waals surface area contributed by atoms with E-state index in [0.717, 1.165) is 53.8 Å². The second kappa shape index (κ2) is 9.52. The van der Waals surface area contributed by atoms with E-state index < -0.39 is 0 Å². The summed E-state index contributed by atoms with van der Waals surface area (Å²) in [6.07, 6.45) is 5.06. The first kappa shape index (κ1) is 21.3. The first-order valence-electron chi connectivity index (χ1n) is 11.3. The molecule has 2 aromatic carbocycles. The summed E-state index contributed by atoms with van der Waals surface area (Å²) in [6, 6.07) is 11.2. The highest BCUT2D eigenvalue weighted by molar-refractivity contribution is 5.93. The van der Waals surface area contributed by atoms with Crippen LogP contribution in [0.5, 0.6) is 23.1 Å². The molecule has 5 rings (SSSR count). The average Bonchev–Trinajstić information content (AvgIpc) is 2.87. The smallest absolute Gasteiger partial charge is 0.227 e. The highest BCUT2D eigenvalue weighted by Gasteiger charge is 2.27. The number of ether oxygens (including phenoxy) is 4. The SMILES string of the molecule is COc1ccc2ncnc(OCC3CCC(C(=O)Nc4ccc5c(c4)OCCO5)CC3)c2c1. The molecular formula is C25H27N3O5. The van der Waals surface area contributed by atoms with Crippen LogP contribution in [0, 0.1) is 11.8 Å². The molecule has 1 amide bonds. The summed E-state index contributed by atoms with van der Waals surface area (Å²) in [5, 5.41) is 3.87. The molecule has 1 fully saturated rings. The zero-order valence-electron chi connectivity index (χ0n) is 18.6. The van der Waals surface area contributed by atoms with Crippen molar-refractivity contribution in [3.8, 4) is 23.1 Å². The van der Waals surface area contributed by atoms with Crippen LogP contribution in [-0.2, 0) is 4.79 Å². The van der Waals surface area contributed by atoms with Crippen LogP contribution in [-0.4, -0.2) is 42.8 Å². The normalized spacial score (nSPS) is 19.7. The molecule has 1 N–H and O–H groups in total. The second-order valence-electron chi connectivity index (χ2n) is 8.44. The van der Waals surface area contributed by atoms with E-state index >= 15 is 0 Å². The summed E-state index contributed by atoms with van der Waals surface area (Å²) >= 11 is 0. The predicted molar refractivity (Wildman–Crippen MR) is 123 cm³/mol. The maximum absolute atomic E-state index is 12.8. The van der Waals surface area contributed by atoms with E-state index in [1.807, 2.05) is 36.4 Å². The molecule has 0 atom stereocenters. The molecule has 0 saturated heterocycles. The molecule has 172 valence electrons. The van der Waals surface area contributed by atoms with Gasteiger partial charge in [0, 0.05) is 17.7 Å². The van der Waals surface area contributed by atoms with Gasteiger partial charge in [0.15, 0.2) is 11.5 Å². The number of benzene rings is 2. The van der Waals surface area contributed by atoms with Crippen LogP contribution in [0.3, 0.4) is 0 Å². The Morgan fingerprint density at radius 2 is 1.85 bits per heavy atom. The lowest BCUT2D eigenvalue weighted by atomic mass is 9.82. The van der Waals surface area contributed by atoms with Gasteiger partial charge in [-0.2, -0.15) is 0 Å². The molecule has 0 radical (unpaired) electrons. The third-order valence-corrected chi connectivity index (χ3v) is 6.29. The monoisotopic (exact) mass is 449 g/mol. The van der Waals surface area contributed by atoms with Crippen LogP contribution < -0.4 is 24.3 Å². The molecule has 2 heterocycles. The third-order valence-electron chi connectivity index (χ3n) is 6.29. The maximum atomic E-state index is 12.8. The Balaban J connectivity index is 1.14. The number of carbonyl (C=O) groups excluding carboxylic acids is 1. The Morgan fingerprint density at radius 3 is 2.67 bits per heavy atom. The molecule has 8 heteroatoms. The van der Waals surface area contributed by atoms with Crippen LogP contribution in [0.15, 0.2) is 42.7 Å². The molecule has 0 unspecified atom stereocenters. The fourth-order valence-electron chi connectivity index (χ4n) is 4.41. The maximum Gasteiger partial charge on any atom is 0.227 e. The van der Waals surface area contributed by atoms with E-state index in [4.69, 9.17) is 18.9 Å². The molecule has 0 bridgehead atoms. The zero-order chi connectivity index (χ0) is 22.6. The highest BCUT2D eigenvalue weighted by Crippen LogP contribution is 2.34. The number of hydrogen-bond donors (Lipinski definition) is 1. The Bertz CT molecular complexity index is 1140. The lowest BCUT2D eigenvalue weighted by Crippen LogP contribution is -2.29. The molecule has 1 aliphatic heterocycles. The lowest BCUT2D eigenvalue weighted by Gasteiger charge is -2.27. The van der Waals surface area contributed by atoms with Gasteiger partial charge in [0.1, 0.15) is 25.3 Å². The number of nitrogens with one attached hydrogen (secondary N) is 1. The van der Waals surface area contributed by atoms with Crippen molar-refractivity contribution in [2.24, 2.45) is 11.8 Å². The lowest BCUT2D eigenvalue weighted by molar-refractivity contribution is -0.121. The van der Waals surface area contributed by atoms with Gasteiger partial charge in [-0.15, -0.1) is 0 Å². The summed E-state index contributed by atoms with van der Waals surface area (Å²) in [5.41, 5.74) is 1.56. The van der Waals surface area contributed by atoms with Crippen molar-refractivity contribution in [1.82, 2.24) is 9.97 Å². The highest BCUT2D eigenvalue weighted by atomic mass is 16.6. The minimum Gasteiger partial charge on any atom is -0.497 e. The first-order chi connectivity index (χ1) is 16.2. The van der Waals surface area contributed by atoms with Gasteiger partial charge in [-0.05, 0) is 61.9 Å². The van der Waals surface area contributed by atoms with Crippen molar-refractivity contribution < 1.29 is 23.7 Å². The number of rotatable bonds is 6. The van der Waals surface area contributed by atoms with Gasteiger partial charge in [-0.25, -0.2) is 9.97 Å². The standard InChI is InChI=1S/C25H27N3O5/c1-30-19-7-8-21-20(13-19)25(27-15-26-21)33-14-16-2-4-17(5-3-16)24(29)28-18-6-9-22-23(12-18)32-11-10-31-22/h6-9,12-13,15-17H,2-5,10-11,14H2,1H3,(H,28,29). The Morgan fingerprint density at radius 1 is 1.03 bits per heavy atom. The largest absolute Gasteiger partial charge is 0.497 e. The van der Waals surface area contributed by atoms with E-state index in [9.17, 15) is 4.79 Å². The van der Waals surface area contributed by atoms with E-state index in [1.165, 1.54) is 6.33 Å². The number of methoxy groups -OCH3 is 1. The van der Waals surface area contributed by atoms with Gasteiger partial charge >= 0.3 is 0 Å². The quantitative estimate of drug-likeness (QED) is 0.602. The van der Waals surface area contributed by atoms with Crippen molar-refractivity contribution in [3.63, 3.8) is 0 Å². The van der Waals surface area contributed by atoms with Gasteiger partial charge in [0.2, 0.25) is 11.8 Å². The number of fused-ring (bicyclic) bond motifs is 2. The van der Waals surface area contributed by atoms with Gasteiger partial charge in [0.05, 0.1) is 24.6 Å². The number of amides is 1. The number of aromatic nitrogens is 2. The van der Waals surface area contributed by atoms with E-state index in [1.54, 1.807) is 7.11 Å². The molecule has 1 aromatic heterocycles. The summed E-state index contributed by atoms with van der Waals surface area (Å²) < 4.78 is 22.5. The second-order valence-corrected chi connectivity index (χ2v) is 8.44. The minimum absolute atomic E-state index is 0.00130. The molecule has 8 nitrogen and oxygen atoms in total. The van der Waals surface area contributed by atoms with Crippen molar-refractivity contribution >= 4 is 22.5 Å². The molecule has 33 heavy (non-hydrogen) atoms. The molecule has 2 aliphatic rings. The van der Waals surface area contributed by atoms with Crippen molar-refractivity contribution in [2.45, 2.75) is 25.7 Å². The van der Waals surface area contributed by atoms with Crippen LogP contribution in [0.2, 0.25) is 0 Å². The number of nitrogens with zero attached hydrogens (tertiary/aromatic N) is 2. The molecular weight excluding hydrogens is 422 g/mol. The topological polar surface area (TPSA) is 91.8 Å². The van der Waals surface area contributed by atoms with Gasteiger partial charge in [-0.1, -0.05) is 0 Å². The van der Waals surface area contributed by atoms with E-state index in [2.05, 4.69) is 15.3 Å². The number of hydrogen-bond acceptors (Lipinski definition) is 7. The minimum atomic E-state index is -0.00130. The Labute approximate surface area is 192 Å². The fourth-order valence-corrected chi connectivity index (χ4v) is 4.41. The fraction of sp³-hybridized carbons (Fsp3) is 0.400. The van der Waals surface area contributed by atoms with Crippen LogP contribution in [0.25, 0.3) is 10.9 Å². The molecule has 0 spiro atoms. The van der Waals surface area contributed by atoms with Crippen LogP contribution >= 0.6 is 0 Å². The first-order valence-corrected chi connectivity index (χ1v) is 11.3. The predicted octanol–water partition coefficient (Wildman–Crippen LogP) is 4.23. The Hall–Kier alpha value is -3.55. The van der Waals surface area contributed by atoms with Gasteiger partial charge in [-0.3, -0.25) is 4.79 Å². The molecule has 1 aliphatic carbocycles. The van der Waals surface area contributed by atoms with Crippen LogP contribution in [0.1, 0.15) is 25.7 Å².